The molecule has 1 aliphatic heterocycles. The van der Waals surface area contributed by atoms with Crippen molar-refractivity contribution in [2.24, 2.45) is 5.92 Å². The Labute approximate surface area is 207 Å². The molecule has 4 rings (SSSR count). The Hall–Kier alpha value is -3.19. The lowest BCUT2D eigenvalue weighted by atomic mass is 9.96. The molecule has 7 heteroatoms. The molecule has 0 bridgehead atoms. The van der Waals surface area contributed by atoms with Gasteiger partial charge in [-0.1, -0.05) is 41.1 Å². The zero-order valence-corrected chi connectivity index (χ0v) is 21.0. The Kier molecular flexibility index (Phi) is 8.53. The summed E-state index contributed by atoms with van der Waals surface area (Å²) in [6, 6.07) is 16.3. The number of amides is 1. The van der Waals surface area contributed by atoms with Crippen molar-refractivity contribution in [1.82, 2.24) is 20.4 Å². The maximum Gasteiger partial charge on any atom is 0.241 e. The Morgan fingerprint density at radius 1 is 1.17 bits per heavy atom. The van der Waals surface area contributed by atoms with E-state index in [0.717, 1.165) is 50.1 Å². The number of piperidine rings is 1. The van der Waals surface area contributed by atoms with Gasteiger partial charge in [0.1, 0.15) is 5.75 Å². The molecular weight excluding hydrogens is 440 g/mol. The lowest BCUT2D eigenvalue weighted by molar-refractivity contribution is -0.126. The van der Waals surface area contributed by atoms with Crippen LogP contribution in [-0.4, -0.2) is 46.7 Å². The standard InChI is InChI=1S/C28H36N4O3/c1-20(2)34-25-11-5-8-22(18-25)9-6-14-29-28(33)23-12-15-32(16-13-23)19-26-30-27(31-35-26)24-10-4-7-21(3)17-24/h4-5,7-8,10-11,17-18,20,23H,6,9,12-16,19H2,1-3H3,(H,29,33). The van der Waals surface area contributed by atoms with Crippen LogP contribution in [0.2, 0.25) is 0 Å². The summed E-state index contributed by atoms with van der Waals surface area (Å²) in [7, 11) is 0. The first kappa shape index (κ1) is 24.9. The van der Waals surface area contributed by atoms with Gasteiger partial charge in [-0.15, -0.1) is 0 Å². The van der Waals surface area contributed by atoms with Gasteiger partial charge in [0, 0.05) is 18.0 Å². The van der Waals surface area contributed by atoms with Gasteiger partial charge in [0.15, 0.2) is 0 Å². The Balaban J connectivity index is 1.16. The number of benzene rings is 2. The van der Waals surface area contributed by atoms with Crippen molar-refractivity contribution in [3.8, 4) is 17.1 Å². The molecule has 0 unspecified atom stereocenters. The summed E-state index contributed by atoms with van der Waals surface area (Å²) in [5, 5.41) is 7.26. The molecule has 0 saturated carbocycles. The maximum absolute atomic E-state index is 12.6. The monoisotopic (exact) mass is 476 g/mol. The molecule has 0 spiro atoms. The molecule has 1 aromatic heterocycles. The number of rotatable bonds is 10. The highest BCUT2D eigenvalue weighted by Crippen LogP contribution is 2.21. The number of hydrogen-bond donors (Lipinski definition) is 1. The first-order valence-corrected chi connectivity index (χ1v) is 12.6. The van der Waals surface area contributed by atoms with Crippen molar-refractivity contribution in [2.45, 2.75) is 59.1 Å². The number of nitrogens with zero attached hydrogens (tertiary/aromatic N) is 3. The summed E-state index contributed by atoms with van der Waals surface area (Å²) >= 11 is 0. The molecular formula is C28H36N4O3. The quantitative estimate of drug-likeness (QED) is 0.424. The molecule has 1 N–H and O–H groups in total. The third-order valence-electron chi connectivity index (χ3n) is 6.27. The van der Waals surface area contributed by atoms with Gasteiger partial charge in [-0.3, -0.25) is 9.69 Å². The first-order chi connectivity index (χ1) is 17.0. The van der Waals surface area contributed by atoms with Gasteiger partial charge in [-0.2, -0.15) is 4.98 Å². The van der Waals surface area contributed by atoms with E-state index in [2.05, 4.69) is 38.6 Å². The van der Waals surface area contributed by atoms with Crippen molar-refractivity contribution >= 4 is 5.91 Å². The normalized spacial score (nSPS) is 14.9. The van der Waals surface area contributed by atoms with Crippen molar-refractivity contribution in [3.63, 3.8) is 0 Å². The van der Waals surface area contributed by atoms with Gasteiger partial charge in [0.05, 0.1) is 12.6 Å². The summed E-state index contributed by atoms with van der Waals surface area (Å²) in [6.07, 6.45) is 3.69. The van der Waals surface area contributed by atoms with Crippen LogP contribution in [0.25, 0.3) is 11.4 Å². The van der Waals surface area contributed by atoms with E-state index in [1.807, 2.05) is 51.1 Å². The van der Waals surface area contributed by atoms with E-state index in [0.29, 0.717) is 24.8 Å². The second-order valence-corrected chi connectivity index (χ2v) is 9.64. The fourth-order valence-electron chi connectivity index (χ4n) is 4.46. The molecule has 1 fully saturated rings. The van der Waals surface area contributed by atoms with Gasteiger partial charge in [-0.25, -0.2) is 0 Å². The summed E-state index contributed by atoms with van der Waals surface area (Å²) in [5.74, 6) is 2.38. The number of likely N-dealkylation sites (tertiary alicyclic amines) is 1. The van der Waals surface area contributed by atoms with Gasteiger partial charge >= 0.3 is 0 Å². The lowest BCUT2D eigenvalue weighted by Crippen LogP contribution is -2.40. The van der Waals surface area contributed by atoms with E-state index in [4.69, 9.17) is 9.26 Å². The van der Waals surface area contributed by atoms with Crippen molar-refractivity contribution in [1.29, 1.82) is 0 Å². The molecule has 0 aliphatic carbocycles. The minimum absolute atomic E-state index is 0.0690. The van der Waals surface area contributed by atoms with Crippen molar-refractivity contribution in [2.75, 3.05) is 19.6 Å². The molecule has 1 saturated heterocycles. The van der Waals surface area contributed by atoms with Crippen LogP contribution in [0, 0.1) is 12.8 Å². The highest BCUT2D eigenvalue weighted by Gasteiger charge is 2.25. The fourth-order valence-corrected chi connectivity index (χ4v) is 4.46. The molecule has 2 aromatic carbocycles. The predicted molar refractivity (Wildman–Crippen MR) is 136 cm³/mol. The number of carbonyl (C=O) groups excluding carboxylic acids is 1. The maximum atomic E-state index is 12.6. The van der Waals surface area contributed by atoms with Crippen LogP contribution < -0.4 is 10.1 Å². The summed E-state index contributed by atoms with van der Waals surface area (Å²) in [6.45, 7) is 9.12. The van der Waals surface area contributed by atoms with Crippen LogP contribution in [0.15, 0.2) is 53.1 Å². The van der Waals surface area contributed by atoms with E-state index in [1.165, 1.54) is 11.1 Å². The largest absolute Gasteiger partial charge is 0.491 e. The number of carbonyl (C=O) groups is 1. The van der Waals surface area contributed by atoms with Gasteiger partial charge in [0.2, 0.25) is 17.6 Å². The highest BCUT2D eigenvalue weighted by atomic mass is 16.5. The summed E-state index contributed by atoms with van der Waals surface area (Å²) < 4.78 is 11.2. The van der Waals surface area contributed by atoms with E-state index < -0.39 is 0 Å². The second kappa shape index (κ2) is 12.0. The van der Waals surface area contributed by atoms with E-state index in [9.17, 15) is 4.79 Å². The van der Waals surface area contributed by atoms with Crippen LogP contribution in [0.4, 0.5) is 0 Å². The predicted octanol–water partition coefficient (Wildman–Crippen LogP) is 4.79. The molecule has 1 aliphatic rings. The van der Waals surface area contributed by atoms with Crippen LogP contribution in [-0.2, 0) is 17.8 Å². The fraction of sp³-hybridized carbons (Fsp3) is 0.464. The summed E-state index contributed by atoms with van der Waals surface area (Å²) in [4.78, 5) is 19.5. The Morgan fingerprint density at radius 3 is 2.74 bits per heavy atom. The van der Waals surface area contributed by atoms with Gasteiger partial charge in [0.25, 0.3) is 0 Å². The summed E-state index contributed by atoms with van der Waals surface area (Å²) in [5.41, 5.74) is 3.36. The first-order valence-electron chi connectivity index (χ1n) is 12.6. The SMILES string of the molecule is Cc1cccc(-c2noc(CN3CCC(C(=O)NCCCc4cccc(OC(C)C)c4)CC3)n2)c1. The van der Waals surface area contributed by atoms with Crippen LogP contribution in [0.1, 0.15) is 50.1 Å². The lowest BCUT2D eigenvalue weighted by Gasteiger charge is -2.30. The average molecular weight is 477 g/mol. The van der Waals surface area contributed by atoms with Gasteiger partial charge in [-0.05, 0) is 83.3 Å². The number of aryl methyl sites for hydroxylation is 2. The average Bonchev–Trinajstić information content (AvgIpc) is 3.30. The van der Waals surface area contributed by atoms with Gasteiger partial charge < -0.3 is 14.6 Å². The Bertz CT molecular complexity index is 1100. The molecule has 7 nitrogen and oxygen atoms in total. The minimum atomic E-state index is 0.0690. The molecule has 3 aromatic rings. The number of hydrogen-bond acceptors (Lipinski definition) is 6. The number of aromatic nitrogens is 2. The molecule has 0 radical (unpaired) electrons. The highest BCUT2D eigenvalue weighted by molar-refractivity contribution is 5.78. The van der Waals surface area contributed by atoms with Crippen LogP contribution >= 0.6 is 0 Å². The molecule has 0 atom stereocenters. The smallest absolute Gasteiger partial charge is 0.241 e. The van der Waals surface area contributed by atoms with Crippen molar-refractivity contribution in [3.05, 3.63) is 65.5 Å². The minimum Gasteiger partial charge on any atom is -0.491 e. The second-order valence-electron chi connectivity index (χ2n) is 9.64. The molecule has 2 heterocycles. The van der Waals surface area contributed by atoms with Crippen molar-refractivity contribution < 1.29 is 14.1 Å². The topological polar surface area (TPSA) is 80.5 Å². The molecule has 35 heavy (non-hydrogen) atoms. The molecule has 186 valence electrons. The van der Waals surface area contributed by atoms with E-state index in [-0.39, 0.29) is 17.9 Å². The zero-order chi connectivity index (χ0) is 24.6. The number of nitrogens with one attached hydrogen (secondary N) is 1. The van der Waals surface area contributed by atoms with Crippen LogP contribution in [0.3, 0.4) is 0 Å². The van der Waals surface area contributed by atoms with E-state index in [1.54, 1.807) is 0 Å². The number of ether oxygens (including phenoxy) is 1. The third kappa shape index (κ3) is 7.39. The Morgan fingerprint density at radius 2 is 1.97 bits per heavy atom. The molecule has 1 amide bonds. The zero-order valence-electron chi connectivity index (χ0n) is 21.0. The third-order valence-corrected chi connectivity index (χ3v) is 6.27. The van der Waals surface area contributed by atoms with E-state index >= 15 is 0 Å². The van der Waals surface area contributed by atoms with Crippen LogP contribution in [0.5, 0.6) is 5.75 Å².